The Bertz CT molecular complexity index is 1860. The number of morpholine rings is 1. The summed E-state index contributed by atoms with van der Waals surface area (Å²) >= 11 is 0. The number of fused-ring (bicyclic) bond motifs is 6. The van der Waals surface area contributed by atoms with Gasteiger partial charge in [0.15, 0.2) is 23.1 Å². The van der Waals surface area contributed by atoms with Crippen LogP contribution in [-0.4, -0.2) is 73.6 Å². The van der Waals surface area contributed by atoms with Gasteiger partial charge in [0.2, 0.25) is 0 Å². The predicted octanol–water partition coefficient (Wildman–Crippen LogP) is 6.06. The minimum atomic E-state index is 0.434. The second-order valence-corrected chi connectivity index (χ2v) is 11.7. The van der Waals surface area contributed by atoms with Crippen molar-refractivity contribution >= 4 is 33.4 Å². The van der Waals surface area contributed by atoms with Gasteiger partial charge in [-0.25, -0.2) is 9.97 Å². The summed E-state index contributed by atoms with van der Waals surface area (Å²) in [6, 6.07) is 17.3. The summed E-state index contributed by atoms with van der Waals surface area (Å²) in [7, 11) is 0. The van der Waals surface area contributed by atoms with Crippen LogP contribution in [0.15, 0.2) is 73.3 Å². The summed E-state index contributed by atoms with van der Waals surface area (Å²) in [6.07, 6.45) is 11.3. The number of nitrogens with zero attached hydrogens (tertiary/aromatic N) is 6. The van der Waals surface area contributed by atoms with Crippen LogP contribution < -0.4 is 9.64 Å². The zero-order chi connectivity index (χ0) is 28.3. The number of ether oxygens (including phenoxy) is 2. The molecule has 3 aliphatic heterocycles. The molecule has 2 saturated heterocycles. The Balaban J connectivity index is 1.04. The van der Waals surface area contributed by atoms with E-state index in [9.17, 15) is 0 Å². The maximum Gasteiger partial charge on any atom is 0.177 e. The SMILES string of the molecule is c1cc2[nH]ncc2cc1-c1cnc2c(c1)Oc1cc(-c3ccc4[nH]ncc4c3)cnc1N2CCCCN1C[C@@H]2C[C@H]1CO2. The maximum atomic E-state index is 6.57. The number of aromatic amines is 2. The fourth-order valence-corrected chi connectivity index (χ4v) is 6.76. The number of unbranched alkanes of at least 4 members (excludes halogenated alkanes) is 1. The van der Waals surface area contributed by atoms with E-state index >= 15 is 0 Å². The summed E-state index contributed by atoms with van der Waals surface area (Å²) in [5.41, 5.74) is 6.13. The van der Waals surface area contributed by atoms with Crippen molar-refractivity contribution in [3.63, 3.8) is 0 Å². The third-order valence-electron chi connectivity index (χ3n) is 9.04. The van der Waals surface area contributed by atoms with Crippen molar-refractivity contribution in [3.8, 4) is 33.8 Å². The fraction of sp³-hybridized carbons (Fsp3) is 0.273. The van der Waals surface area contributed by atoms with Gasteiger partial charge < -0.3 is 14.4 Å². The largest absolute Gasteiger partial charge is 0.450 e. The molecule has 2 atom stereocenters. The smallest absolute Gasteiger partial charge is 0.177 e. The van der Waals surface area contributed by atoms with E-state index < -0.39 is 0 Å². The fourth-order valence-electron chi connectivity index (χ4n) is 6.76. The molecule has 0 spiro atoms. The van der Waals surface area contributed by atoms with Crippen LogP contribution in [0.25, 0.3) is 44.1 Å². The number of nitrogens with one attached hydrogen (secondary N) is 2. The van der Waals surface area contributed by atoms with Crippen molar-refractivity contribution in [2.45, 2.75) is 31.4 Å². The summed E-state index contributed by atoms with van der Waals surface area (Å²) in [6.45, 7) is 3.86. The molecule has 0 aliphatic carbocycles. The number of H-pyrrole nitrogens is 2. The molecule has 214 valence electrons. The molecular formula is C33H30N8O2. The molecule has 6 aromatic rings. The number of pyridine rings is 2. The van der Waals surface area contributed by atoms with Crippen LogP contribution in [0.1, 0.15) is 19.3 Å². The maximum absolute atomic E-state index is 6.57. The summed E-state index contributed by atoms with van der Waals surface area (Å²) < 4.78 is 12.4. The van der Waals surface area contributed by atoms with Crippen LogP contribution in [0, 0.1) is 0 Å². The first-order valence-corrected chi connectivity index (χ1v) is 14.9. The number of hydrogen-bond donors (Lipinski definition) is 2. The zero-order valence-corrected chi connectivity index (χ0v) is 23.5. The Morgan fingerprint density at radius 3 is 1.93 bits per heavy atom. The van der Waals surface area contributed by atoms with Gasteiger partial charge >= 0.3 is 0 Å². The number of likely N-dealkylation sites (tertiary alicyclic amines) is 1. The van der Waals surface area contributed by atoms with Crippen LogP contribution >= 0.6 is 0 Å². The van der Waals surface area contributed by atoms with Gasteiger partial charge in [0.25, 0.3) is 0 Å². The minimum Gasteiger partial charge on any atom is -0.450 e. The number of benzene rings is 2. The lowest BCUT2D eigenvalue weighted by Crippen LogP contribution is -2.37. The van der Waals surface area contributed by atoms with Gasteiger partial charge in [-0.15, -0.1) is 0 Å². The lowest BCUT2D eigenvalue weighted by molar-refractivity contribution is 0.0301. The molecule has 0 radical (unpaired) electrons. The monoisotopic (exact) mass is 570 g/mol. The van der Waals surface area contributed by atoms with Gasteiger partial charge in [0.05, 0.1) is 36.1 Å². The molecule has 4 aromatic heterocycles. The molecule has 10 nitrogen and oxygen atoms in total. The third-order valence-corrected chi connectivity index (χ3v) is 9.04. The molecule has 2 fully saturated rings. The first kappa shape index (κ1) is 24.8. The molecule has 9 rings (SSSR count). The lowest BCUT2D eigenvalue weighted by atomic mass is 10.0. The van der Waals surface area contributed by atoms with E-state index in [0.717, 1.165) is 106 Å². The molecule has 3 aliphatic rings. The van der Waals surface area contributed by atoms with Gasteiger partial charge in [0, 0.05) is 53.4 Å². The van der Waals surface area contributed by atoms with Crippen molar-refractivity contribution in [2.24, 2.45) is 0 Å². The van der Waals surface area contributed by atoms with E-state index in [1.54, 1.807) is 0 Å². The highest BCUT2D eigenvalue weighted by Crippen LogP contribution is 2.47. The van der Waals surface area contributed by atoms with E-state index in [0.29, 0.717) is 12.1 Å². The van der Waals surface area contributed by atoms with Crippen LogP contribution in [0.2, 0.25) is 0 Å². The van der Waals surface area contributed by atoms with Crippen LogP contribution in [0.3, 0.4) is 0 Å². The molecular weight excluding hydrogens is 540 g/mol. The third kappa shape index (κ3) is 4.33. The highest BCUT2D eigenvalue weighted by Gasteiger charge is 2.38. The molecule has 0 saturated carbocycles. The second kappa shape index (κ2) is 9.89. The van der Waals surface area contributed by atoms with Crippen molar-refractivity contribution in [1.82, 2.24) is 35.3 Å². The topological polar surface area (TPSA) is 108 Å². The highest BCUT2D eigenvalue weighted by molar-refractivity contribution is 5.86. The highest BCUT2D eigenvalue weighted by atomic mass is 16.5. The Hall–Kier alpha value is -4.80. The molecule has 0 unspecified atom stereocenters. The molecule has 0 amide bonds. The zero-order valence-electron chi connectivity index (χ0n) is 23.5. The standard InChI is InChI=1S/C33H30N8O2/c1(7-40-18-27-13-26(40)19-42-27)2-8-41-32-30(11-22(14-34-32)20-3-5-28-24(9-20)16-36-38-28)43-31-12-23(15-35-33(31)41)21-4-6-29-25(10-21)17-37-39-29/h3-6,9-12,14-17,26-27H,1-2,7-8,13,18-19H2,(H,36,38)(H,37,39)/t26-,27-/m0/s1. The van der Waals surface area contributed by atoms with E-state index in [1.807, 2.05) is 36.9 Å². The number of anilines is 2. The van der Waals surface area contributed by atoms with Gasteiger partial charge in [0.1, 0.15) is 0 Å². The van der Waals surface area contributed by atoms with Crippen LogP contribution in [0.5, 0.6) is 11.5 Å². The van der Waals surface area contributed by atoms with Gasteiger partial charge in [-0.1, -0.05) is 12.1 Å². The number of rotatable bonds is 7. The van der Waals surface area contributed by atoms with Gasteiger partial charge in [-0.05, 0) is 73.3 Å². The van der Waals surface area contributed by atoms with E-state index in [-0.39, 0.29) is 0 Å². The molecule has 10 heteroatoms. The van der Waals surface area contributed by atoms with E-state index in [1.165, 1.54) is 6.42 Å². The Kier molecular flexibility index (Phi) is 5.70. The second-order valence-electron chi connectivity index (χ2n) is 11.7. The summed E-state index contributed by atoms with van der Waals surface area (Å²) in [5.74, 6) is 3.06. The first-order chi connectivity index (χ1) is 21.2. The molecule has 7 heterocycles. The van der Waals surface area contributed by atoms with Crippen LogP contribution in [0.4, 0.5) is 11.6 Å². The summed E-state index contributed by atoms with van der Waals surface area (Å²) in [4.78, 5) is 14.7. The van der Waals surface area contributed by atoms with Crippen LogP contribution in [-0.2, 0) is 4.74 Å². The Labute approximate surface area is 247 Å². The van der Waals surface area contributed by atoms with Crippen molar-refractivity contribution in [3.05, 3.63) is 73.3 Å². The Morgan fingerprint density at radius 1 is 0.721 bits per heavy atom. The van der Waals surface area contributed by atoms with Gasteiger partial charge in [-0.2, -0.15) is 10.2 Å². The normalized spacial score (nSPS) is 19.2. The average molecular weight is 571 g/mol. The molecule has 2 bridgehead atoms. The Morgan fingerprint density at radius 2 is 1.35 bits per heavy atom. The lowest BCUT2D eigenvalue weighted by Gasteiger charge is -2.31. The average Bonchev–Trinajstić information content (AvgIpc) is 3.86. The molecule has 2 aromatic carbocycles. The quantitative estimate of drug-likeness (QED) is 0.223. The molecule has 43 heavy (non-hydrogen) atoms. The number of aromatic nitrogens is 6. The van der Waals surface area contributed by atoms with Crippen molar-refractivity contribution in [2.75, 3.05) is 31.1 Å². The van der Waals surface area contributed by atoms with E-state index in [2.05, 4.69) is 66.6 Å². The van der Waals surface area contributed by atoms with Gasteiger partial charge in [-0.3, -0.25) is 15.1 Å². The first-order valence-electron chi connectivity index (χ1n) is 14.9. The van der Waals surface area contributed by atoms with E-state index in [4.69, 9.17) is 19.4 Å². The molecule has 2 N–H and O–H groups in total. The summed E-state index contributed by atoms with van der Waals surface area (Å²) in [5, 5.41) is 16.5. The van der Waals surface area contributed by atoms with Crippen molar-refractivity contribution < 1.29 is 9.47 Å². The minimum absolute atomic E-state index is 0.434. The van der Waals surface area contributed by atoms with Crippen molar-refractivity contribution in [1.29, 1.82) is 0 Å². The number of hydrogen-bond acceptors (Lipinski definition) is 8. The predicted molar refractivity (Wildman–Crippen MR) is 165 cm³/mol.